The third-order valence-electron chi connectivity index (χ3n) is 3.45. The monoisotopic (exact) mass is 303 g/mol. The standard InChI is InChI=1S/C17H25N3S/c1-12-6-8-13(9-7-12)11-20(5)16-19-15(17(2,3)4)14(10-18)21-16/h6-9H,10-11,18H2,1-5H3. The lowest BCUT2D eigenvalue weighted by Crippen LogP contribution is -2.18. The Morgan fingerprint density at radius 1 is 1.19 bits per heavy atom. The molecule has 0 aliphatic heterocycles. The number of aromatic nitrogens is 1. The van der Waals surface area contributed by atoms with Gasteiger partial charge in [0, 0.05) is 30.4 Å². The quantitative estimate of drug-likeness (QED) is 0.933. The number of thiazole rings is 1. The molecular formula is C17H25N3S. The molecule has 3 nitrogen and oxygen atoms in total. The summed E-state index contributed by atoms with van der Waals surface area (Å²) < 4.78 is 0. The first kappa shape index (κ1) is 16.0. The Morgan fingerprint density at radius 2 is 1.81 bits per heavy atom. The molecular weight excluding hydrogens is 278 g/mol. The van der Waals surface area contributed by atoms with Crippen molar-refractivity contribution in [1.29, 1.82) is 0 Å². The molecule has 0 unspecified atom stereocenters. The molecule has 0 aliphatic carbocycles. The Kier molecular flexibility index (Phi) is 4.69. The van der Waals surface area contributed by atoms with Crippen LogP contribution in [0.4, 0.5) is 5.13 Å². The molecule has 0 saturated heterocycles. The normalized spacial score (nSPS) is 11.7. The van der Waals surface area contributed by atoms with Crippen molar-refractivity contribution in [2.45, 2.75) is 46.2 Å². The third-order valence-corrected chi connectivity index (χ3v) is 4.64. The van der Waals surface area contributed by atoms with E-state index >= 15 is 0 Å². The molecule has 0 aliphatic rings. The molecule has 0 fully saturated rings. The molecule has 0 spiro atoms. The van der Waals surface area contributed by atoms with Crippen LogP contribution in [0.25, 0.3) is 0 Å². The van der Waals surface area contributed by atoms with Crippen LogP contribution in [0.5, 0.6) is 0 Å². The molecule has 1 aromatic carbocycles. The third kappa shape index (κ3) is 3.83. The van der Waals surface area contributed by atoms with Gasteiger partial charge in [-0.2, -0.15) is 0 Å². The van der Waals surface area contributed by atoms with E-state index in [4.69, 9.17) is 10.7 Å². The molecule has 2 rings (SSSR count). The first-order valence-electron chi connectivity index (χ1n) is 7.28. The van der Waals surface area contributed by atoms with Crippen LogP contribution in [0.2, 0.25) is 0 Å². The van der Waals surface area contributed by atoms with Gasteiger partial charge in [-0.05, 0) is 12.5 Å². The maximum atomic E-state index is 5.88. The number of hydrogen-bond donors (Lipinski definition) is 1. The highest BCUT2D eigenvalue weighted by atomic mass is 32.1. The van der Waals surface area contributed by atoms with Crippen molar-refractivity contribution in [3.8, 4) is 0 Å². The molecule has 0 radical (unpaired) electrons. The first-order valence-corrected chi connectivity index (χ1v) is 8.10. The predicted octanol–water partition coefficient (Wildman–Crippen LogP) is 3.84. The zero-order valence-electron chi connectivity index (χ0n) is 13.6. The summed E-state index contributed by atoms with van der Waals surface area (Å²) in [5.74, 6) is 0. The SMILES string of the molecule is Cc1ccc(CN(C)c2nc(C(C)(C)C)c(CN)s2)cc1. The van der Waals surface area contributed by atoms with Crippen molar-refractivity contribution in [3.05, 3.63) is 46.0 Å². The van der Waals surface area contributed by atoms with Gasteiger partial charge in [0.05, 0.1) is 5.69 Å². The van der Waals surface area contributed by atoms with Gasteiger partial charge >= 0.3 is 0 Å². The number of nitrogens with zero attached hydrogens (tertiary/aromatic N) is 2. The van der Waals surface area contributed by atoms with Gasteiger partial charge in [0.2, 0.25) is 0 Å². The lowest BCUT2D eigenvalue weighted by atomic mass is 9.91. The van der Waals surface area contributed by atoms with Crippen molar-refractivity contribution in [2.75, 3.05) is 11.9 Å². The van der Waals surface area contributed by atoms with E-state index in [-0.39, 0.29) is 5.41 Å². The average Bonchev–Trinajstić information content (AvgIpc) is 2.85. The van der Waals surface area contributed by atoms with Crippen LogP contribution >= 0.6 is 11.3 Å². The molecule has 2 aromatic rings. The smallest absolute Gasteiger partial charge is 0.185 e. The minimum Gasteiger partial charge on any atom is -0.347 e. The minimum absolute atomic E-state index is 0.0359. The summed E-state index contributed by atoms with van der Waals surface area (Å²) in [6.07, 6.45) is 0. The van der Waals surface area contributed by atoms with Crippen molar-refractivity contribution in [2.24, 2.45) is 5.73 Å². The van der Waals surface area contributed by atoms with Gasteiger partial charge in [0.1, 0.15) is 0 Å². The van der Waals surface area contributed by atoms with Gasteiger partial charge in [-0.25, -0.2) is 4.98 Å². The summed E-state index contributed by atoms with van der Waals surface area (Å²) in [5, 5.41) is 1.04. The van der Waals surface area contributed by atoms with Crippen LogP contribution in [0.1, 0.15) is 42.5 Å². The van der Waals surface area contributed by atoms with E-state index in [1.165, 1.54) is 16.0 Å². The Hall–Kier alpha value is -1.39. The second-order valence-corrected chi connectivity index (χ2v) is 7.63. The van der Waals surface area contributed by atoms with Crippen molar-refractivity contribution in [1.82, 2.24) is 4.98 Å². The number of anilines is 1. The van der Waals surface area contributed by atoms with Crippen LogP contribution in [0.3, 0.4) is 0 Å². The summed E-state index contributed by atoms with van der Waals surface area (Å²) >= 11 is 1.71. The highest BCUT2D eigenvalue weighted by Gasteiger charge is 2.23. The molecule has 1 aromatic heterocycles. The number of nitrogens with two attached hydrogens (primary N) is 1. The molecule has 0 bridgehead atoms. The van der Waals surface area contributed by atoms with E-state index in [9.17, 15) is 0 Å². The Bertz CT molecular complexity index is 593. The Morgan fingerprint density at radius 3 is 2.29 bits per heavy atom. The zero-order valence-corrected chi connectivity index (χ0v) is 14.4. The van der Waals surface area contributed by atoms with E-state index in [0.29, 0.717) is 6.54 Å². The fraction of sp³-hybridized carbons (Fsp3) is 0.471. The van der Waals surface area contributed by atoms with Gasteiger partial charge in [-0.1, -0.05) is 50.6 Å². The molecule has 0 atom stereocenters. The maximum Gasteiger partial charge on any atom is 0.185 e. The minimum atomic E-state index is 0.0359. The van der Waals surface area contributed by atoms with E-state index in [0.717, 1.165) is 17.4 Å². The number of aryl methyl sites for hydroxylation is 1. The fourth-order valence-electron chi connectivity index (χ4n) is 2.26. The fourth-order valence-corrected chi connectivity index (χ4v) is 3.37. The van der Waals surface area contributed by atoms with Gasteiger partial charge in [0.15, 0.2) is 5.13 Å². The first-order chi connectivity index (χ1) is 9.81. The maximum absolute atomic E-state index is 5.88. The van der Waals surface area contributed by atoms with Gasteiger partial charge in [-0.3, -0.25) is 0 Å². The number of hydrogen-bond acceptors (Lipinski definition) is 4. The number of benzene rings is 1. The van der Waals surface area contributed by atoms with E-state index < -0.39 is 0 Å². The van der Waals surface area contributed by atoms with E-state index in [1.807, 2.05) is 0 Å². The topological polar surface area (TPSA) is 42.2 Å². The van der Waals surface area contributed by atoms with Crippen molar-refractivity contribution < 1.29 is 0 Å². The zero-order chi connectivity index (χ0) is 15.6. The molecule has 1 heterocycles. The highest BCUT2D eigenvalue weighted by molar-refractivity contribution is 7.15. The molecule has 21 heavy (non-hydrogen) atoms. The lowest BCUT2D eigenvalue weighted by molar-refractivity contribution is 0.566. The molecule has 114 valence electrons. The van der Waals surface area contributed by atoms with Crippen molar-refractivity contribution in [3.63, 3.8) is 0 Å². The molecule has 0 saturated carbocycles. The van der Waals surface area contributed by atoms with Crippen LogP contribution in [-0.4, -0.2) is 12.0 Å². The van der Waals surface area contributed by atoms with Gasteiger partial charge in [-0.15, -0.1) is 11.3 Å². The van der Waals surface area contributed by atoms with Gasteiger partial charge in [0.25, 0.3) is 0 Å². The second kappa shape index (κ2) is 6.16. The average molecular weight is 303 g/mol. The van der Waals surface area contributed by atoms with Crippen molar-refractivity contribution >= 4 is 16.5 Å². The lowest BCUT2D eigenvalue weighted by Gasteiger charge is -2.18. The summed E-state index contributed by atoms with van der Waals surface area (Å²) in [6, 6.07) is 8.65. The number of rotatable bonds is 4. The second-order valence-electron chi connectivity index (χ2n) is 6.56. The Labute approximate surface area is 131 Å². The van der Waals surface area contributed by atoms with E-state index in [2.05, 4.69) is 63.9 Å². The van der Waals surface area contributed by atoms with Crippen LogP contribution in [0, 0.1) is 6.92 Å². The molecule has 4 heteroatoms. The van der Waals surface area contributed by atoms with Crippen LogP contribution in [-0.2, 0) is 18.5 Å². The summed E-state index contributed by atoms with van der Waals surface area (Å²) in [6.45, 7) is 10.1. The predicted molar refractivity (Wildman–Crippen MR) is 92.0 cm³/mol. The van der Waals surface area contributed by atoms with E-state index in [1.54, 1.807) is 11.3 Å². The summed E-state index contributed by atoms with van der Waals surface area (Å²) in [7, 11) is 2.09. The molecule has 0 amide bonds. The Balaban J connectivity index is 2.21. The van der Waals surface area contributed by atoms with Crippen LogP contribution in [0.15, 0.2) is 24.3 Å². The summed E-state index contributed by atoms with van der Waals surface area (Å²) in [5.41, 5.74) is 9.63. The largest absolute Gasteiger partial charge is 0.347 e. The molecule has 2 N–H and O–H groups in total. The van der Waals surface area contributed by atoms with Crippen LogP contribution < -0.4 is 10.6 Å². The van der Waals surface area contributed by atoms with Gasteiger partial charge < -0.3 is 10.6 Å². The highest BCUT2D eigenvalue weighted by Crippen LogP contribution is 2.33. The summed E-state index contributed by atoms with van der Waals surface area (Å²) in [4.78, 5) is 8.22.